The molecule has 7 rings (SSSR count). The van der Waals surface area contributed by atoms with E-state index in [2.05, 4.69) is 15.7 Å². The maximum absolute atomic E-state index is 8.76. The number of aryl methyl sites for hydroxylation is 1. The molecule has 0 saturated carbocycles. The number of nitrogens with one attached hydrogen (secondary N) is 2. The summed E-state index contributed by atoms with van der Waals surface area (Å²) < 4.78 is 17.3. The maximum atomic E-state index is 8.76. The van der Waals surface area contributed by atoms with Crippen molar-refractivity contribution in [1.29, 1.82) is 0 Å². The van der Waals surface area contributed by atoms with Gasteiger partial charge in [0.05, 0.1) is 22.6 Å². The summed E-state index contributed by atoms with van der Waals surface area (Å²) in [6.07, 6.45) is 0. The number of fused-ring (bicyclic) bond motifs is 4. The molecule has 0 atom stereocenters. The second-order valence-corrected chi connectivity index (χ2v) is 11.1. The lowest BCUT2D eigenvalue weighted by atomic mass is 10.1. The molecule has 0 radical (unpaired) electrons. The van der Waals surface area contributed by atoms with Gasteiger partial charge in [-0.1, -0.05) is 64.6 Å². The first-order valence-electron chi connectivity index (χ1n) is 12.9. The fourth-order valence-corrected chi connectivity index (χ4v) is 5.71. The van der Waals surface area contributed by atoms with Crippen molar-refractivity contribution in [2.75, 3.05) is 10.6 Å². The Hall–Kier alpha value is -4.29. The van der Waals surface area contributed by atoms with Crippen LogP contribution in [0.4, 0.5) is 34.1 Å². The van der Waals surface area contributed by atoms with Crippen molar-refractivity contribution >= 4 is 69.4 Å². The summed E-state index contributed by atoms with van der Waals surface area (Å²) in [4.78, 5) is 10.1. The molecule has 0 bridgehead atoms. The van der Waals surface area contributed by atoms with Crippen LogP contribution in [0.2, 0.25) is 10.0 Å². The highest BCUT2D eigenvalue weighted by molar-refractivity contribution is 7.94. The van der Waals surface area contributed by atoms with Crippen LogP contribution in [0.1, 0.15) is 5.56 Å². The molecule has 0 amide bonds. The average molecular weight is 631 g/mol. The zero-order valence-electron chi connectivity index (χ0n) is 22.2. The van der Waals surface area contributed by atoms with Gasteiger partial charge in [-0.15, -0.1) is 4.33 Å². The number of anilines is 4. The molecule has 0 fully saturated rings. The molecule has 5 aromatic rings. The number of hydrogen-bond donors (Lipinski definition) is 3. The van der Waals surface area contributed by atoms with E-state index in [1.54, 1.807) is 12.1 Å². The van der Waals surface area contributed by atoms with Crippen molar-refractivity contribution in [1.82, 2.24) is 0 Å². The van der Waals surface area contributed by atoms with Gasteiger partial charge in [0.25, 0.3) is 0 Å². The van der Waals surface area contributed by atoms with Crippen LogP contribution in [0.25, 0.3) is 0 Å². The van der Waals surface area contributed by atoms with Crippen LogP contribution in [0, 0.1) is 6.92 Å². The monoisotopic (exact) mass is 630 g/mol. The third-order valence-corrected chi connectivity index (χ3v) is 8.11. The number of rotatable bonds is 7. The average Bonchev–Trinajstić information content (AvgIpc) is 3.03. The Morgan fingerprint density at radius 3 is 1.79 bits per heavy atom. The van der Waals surface area contributed by atoms with E-state index >= 15 is 0 Å². The molecule has 43 heavy (non-hydrogen) atoms. The molecule has 5 aromatic carbocycles. The number of nitrogens with zero attached hydrogens (tertiary/aromatic N) is 2. The van der Waals surface area contributed by atoms with Crippen molar-refractivity contribution < 1.29 is 24.1 Å². The Bertz CT molecular complexity index is 2010. The van der Waals surface area contributed by atoms with Gasteiger partial charge in [0.1, 0.15) is 32.1 Å². The minimum Gasteiger partial charge on any atom is -0.451 e. The van der Waals surface area contributed by atoms with Crippen molar-refractivity contribution in [2.24, 2.45) is 9.98 Å². The second kappa shape index (κ2) is 11.4. The van der Waals surface area contributed by atoms with E-state index in [0.29, 0.717) is 44.2 Å². The molecule has 12 heteroatoms. The third-order valence-electron chi connectivity index (χ3n) is 6.76. The van der Waals surface area contributed by atoms with Gasteiger partial charge in [0, 0.05) is 29.2 Å². The number of hydrogen-bond acceptors (Lipinski definition) is 10. The molecule has 9 nitrogen and oxygen atoms in total. The number of benzene rings is 5. The Morgan fingerprint density at radius 2 is 1.23 bits per heavy atom. The summed E-state index contributed by atoms with van der Waals surface area (Å²) >= 11 is 14.6. The van der Waals surface area contributed by atoms with Crippen LogP contribution < -0.4 is 30.8 Å². The van der Waals surface area contributed by atoms with Crippen molar-refractivity contribution in [3.8, 4) is 23.0 Å². The fraction of sp³-hybridized carbons (Fsp3) is 0.0323. The molecule has 0 aromatic heterocycles. The molecule has 0 aliphatic carbocycles. The molecular weight excluding hydrogens is 611 g/mol. The van der Waals surface area contributed by atoms with E-state index in [-0.39, 0.29) is 21.5 Å². The lowest BCUT2D eigenvalue weighted by molar-refractivity contribution is -0.432. The summed E-state index contributed by atoms with van der Waals surface area (Å²) in [5.74, 6) is 1.47. The standard InChI is InChI=1S/C31H20Cl2N4O5S/c1-16-12-20-23(13-19(16)34-17-8-4-2-5-9-17)39-30-27(33)29-31(26(32)28(30)36-20)40-24-14-22(35-18-10-6-3-7-11-18)25(43-42-41-38)15-21(24)37-29/h2-15,34-35,38H,1H3. The summed E-state index contributed by atoms with van der Waals surface area (Å²) in [7, 11) is 0. The van der Waals surface area contributed by atoms with Gasteiger partial charge >= 0.3 is 0 Å². The summed E-state index contributed by atoms with van der Waals surface area (Å²) in [6.45, 7) is 1.99. The number of halogens is 2. The molecule has 0 spiro atoms. The van der Waals surface area contributed by atoms with Crippen molar-refractivity contribution in [2.45, 2.75) is 11.8 Å². The van der Waals surface area contributed by atoms with Gasteiger partial charge in [0.15, 0.2) is 23.0 Å². The topological polar surface area (TPSA) is 106 Å². The van der Waals surface area contributed by atoms with Crippen LogP contribution >= 0.6 is 35.2 Å². The van der Waals surface area contributed by atoms with Gasteiger partial charge in [0.2, 0.25) is 0 Å². The highest BCUT2D eigenvalue weighted by atomic mass is 35.5. The first-order valence-corrected chi connectivity index (χ1v) is 14.4. The molecule has 0 unspecified atom stereocenters. The minimum atomic E-state index is 0.197. The zero-order valence-corrected chi connectivity index (χ0v) is 24.6. The lowest BCUT2D eigenvalue weighted by Gasteiger charge is -2.22. The maximum Gasteiger partial charge on any atom is 0.175 e. The summed E-state index contributed by atoms with van der Waals surface area (Å²) in [6, 6.07) is 26.6. The molecule has 2 aliphatic heterocycles. The zero-order chi connectivity index (χ0) is 29.5. The molecule has 214 valence electrons. The quantitative estimate of drug-likeness (QED) is 0.0908. The summed E-state index contributed by atoms with van der Waals surface area (Å²) in [5.41, 5.74) is 5.28. The number of ether oxygens (including phenoxy) is 2. The molecule has 2 aliphatic rings. The lowest BCUT2D eigenvalue weighted by Crippen LogP contribution is -2.22. The van der Waals surface area contributed by atoms with E-state index in [9.17, 15) is 0 Å². The van der Waals surface area contributed by atoms with Crippen LogP contribution in [0.3, 0.4) is 0 Å². The third kappa shape index (κ3) is 5.25. The highest BCUT2D eigenvalue weighted by Gasteiger charge is 2.28. The van der Waals surface area contributed by atoms with Crippen LogP contribution in [-0.4, -0.2) is 5.26 Å². The first kappa shape index (κ1) is 27.5. The van der Waals surface area contributed by atoms with Crippen LogP contribution in [0.5, 0.6) is 23.0 Å². The van der Waals surface area contributed by atoms with Gasteiger partial charge < -0.3 is 20.1 Å². The van der Waals surface area contributed by atoms with Crippen molar-refractivity contribution in [3.05, 3.63) is 111 Å². The van der Waals surface area contributed by atoms with Crippen LogP contribution in [-0.2, 0) is 9.37 Å². The minimum absolute atomic E-state index is 0.197. The van der Waals surface area contributed by atoms with E-state index in [1.807, 2.05) is 79.7 Å². The Labute approximate surface area is 259 Å². The normalized spacial score (nSPS) is 12.3. The second-order valence-electron chi connectivity index (χ2n) is 9.57. The number of para-hydroxylation sites is 2. The van der Waals surface area contributed by atoms with E-state index in [4.69, 9.17) is 52.3 Å². The highest BCUT2D eigenvalue weighted by Crippen LogP contribution is 2.47. The van der Waals surface area contributed by atoms with Gasteiger partial charge in [-0.2, -0.15) is 0 Å². The molecular formula is C31H20Cl2N4O5S. The van der Waals surface area contributed by atoms with Gasteiger partial charge in [-0.05, 0) is 48.9 Å². The summed E-state index contributed by atoms with van der Waals surface area (Å²) in [5, 5.41) is 20.4. The molecule has 3 N–H and O–H groups in total. The smallest absolute Gasteiger partial charge is 0.175 e. The van der Waals surface area contributed by atoms with Gasteiger partial charge in [-0.25, -0.2) is 15.2 Å². The van der Waals surface area contributed by atoms with Gasteiger partial charge in [-0.3, -0.25) is 0 Å². The Balaban J connectivity index is 1.31. The fourth-order valence-electron chi connectivity index (χ4n) is 4.74. The van der Waals surface area contributed by atoms with E-state index in [0.717, 1.165) is 34.7 Å². The van der Waals surface area contributed by atoms with Crippen molar-refractivity contribution in [3.63, 3.8) is 0 Å². The first-order chi connectivity index (χ1) is 21.0. The largest absolute Gasteiger partial charge is 0.451 e. The predicted octanol–water partition coefficient (Wildman–Crippen LogP) is 9.33. The Morgan fingerprint density at radius 1 is 0.721 bits per heavy atom. The predicted molar refractivity (Wildman–Crippen MR) is 166 cm³/mol. The van der Waals surface area contributed by atoms with E-state index in [1.165, 1.54) is 0 Å². The molecule has 0 saturated heterocycles. The molecule has 2 heterocycles. The van der Waals surface area contributed by atoms with Crippen LogP contribution in [0.15, 0.2) is 99.8 Å². The SMILES string of the molecule is Cc1cc2c(cc1Nc1ccccc1)Oc1c(Cl)c3c(c(Cl)c1=N2)Oc1cc(Nc2ccccc2)c(SOOO)cc1N=3. The van der Waals surface area contributed by atoms with E-state index < -0.39 is 0 Å². The Kier molecular flexibility index (Phi) is 7.31.